The lowest BCUT2D eigenvalue weighted by molar-refractivity contribution is -0.00448. The first-order chi connectivity index (χ1) is 9.44. The standard InChI is InChI=1S/C17H29NOS/c1-13(2)18-11-15-5-6-16(20-15)12-19-14-7-9-17(3,4)10-8-14/h5-6,13-14,18H,7-12H2,1-4H3. The van der Waals surface area contributed by atoms with E-state index in [0.29, 0.717) is 17.6 Å². The molecule has 20 heavy (non-hydrogen) atoms. The third kappa shape index (κ3) is 5.19. The van der Waals surface area contributed by atoms with E-state index < -0.39 is 0 Å². The zero-order valence-electron chi connectivity index (χ0n) is 13.4. The summed E-state index contributed by atoms with van der Waals surface area (Å²) in [6.45, 7) is 10.9. The van der Waals surface area contributed by atoms with Gasteiger partial charge < -0.3 is 10.1 Å². The average molecular weight is 295 g/mol. The van der Waals surface area contributed by atoms with E-state index in [1.807, 2.05) is 11.3 Å². The second-order valence-corrected chi connectivity index (χ2v) is 8.33. The first-order valence-corrected chi connectivity index (χ1v) is 8.69. The minimum absolute atomic E-state index is 0.474. The highest BCUT2D eigenvalue weighted by molar-refractivity contribution is 7.11. The molecule has 2 nitrogen and oxygen atoms in total. The van der Waals surface area contributed by atoms with E-state index in [1.165, 1.54) is 35.4 Å². The molecule has 0 bridgehead atoms. The number of nitrogens with one attached hydrogen (secondary N) is 1. The first-order valence-electron chi connectivity index (χ1n) is 7.87. The lowest BCUT2D eigenvalue weighted by Gasteiger charge is -2.34. The maximum atomic E-state index is 6.09. The Morgan fingerprint density at radius 2 is 1.90 bits per heavy atom. The van der Waals surface area contributed by atoms with Gasteiger partial charge >= 0.3 is 0 Å². The normalized spacial score (nSPS) is 19.6. The number of thiophene rings is 1. The van der Waals surface area contributed by atoms with Crippen molar-refractivity contribution in [2.45, 2.75) is 78.7 Å². The molecule has 2 rings (SSSR count). The molecule has 0 unspecified atom stereocenters. The third-order valence-corrected chi connectivity index (χ3v) is 5.21. The van der Waals surface area contributed by atoms with Crippen LogP contribution < -0.4 is 5.32 Å². The smallest absolute Gasteiger partial charge is 0.0813 e. The summed E-state index contributed by atoms with van der Waals surface area (Å²) in [5, 5.41) is 3.46. The van der Waals surface area contributed by atoms with Crippen LogP contribution in [-0.4, -0.2) is 12.1 Å². The van der Waals surface area contributed by atoms with Crippen LogP contribution >= 0.6 is 11.3 Å². The largest absolute Gasteiger partial charge is 0.373 e. The van der Waals surface area contributed by atoms with Crippen LogP contribution in [0.5, 0.6) is 0 Å². The number of rotatable bonds is 6. The van der Waals surface area contributed by atoms with Crippen molar-refractivity contribution in [2.24, 2.45) is 5.41 Å². The van der Waals surface area contributed by atoms with Crippen molar-refractivity contribution in [3.05, 3.63) is 21.9 Å². The van der Waals surface area contributed by atoms with E-state index in [1.54, 1.807) is 0 Å². The van der Waals surface area contributed by atoms with Gasteiger partial charge in [0.2, 0.25) is 0 Å². The summed E-state index contributed by atoms with van der Waals surface area (Å²) in [6, 6.07) is 4.99. The fourth-order valence-corrected chi connectivity index (χ4v) is 3.53. The zero-order valence-corrected chi connectivity index (χ0v) is 14.2. The third-order valence-electron chi connectivity index (χ3n) is 4.15. The van der Waals surface area contributed by atoms with Crippen molar-refractivity contribution in [2.75, 3.05) is 0 Å². The Hall–Kier alpha value is -0.380. The highest BCUT2D eigenvalue weighted by Gasteiger charge is 2.27. The van der Waals surface area contributed by atoms with Crippen LogP contribution in [0.25, 0.3) is 0 Å². The molecular weight excluding hydrogens is 266 g/mol. The van der Waals surface area contributed by atoms with Gasteiger partial charge in [0.25, 0.3) is 0 Å². The van der Waals surface area contributed by atoms with Gasteiger partial charge in [0.05, 0.1) is 12.7 Å². The number of hydrogen-bond donors (Lipinski definition) is 1. The van der Waals surface area contributed by atoms with Crippen LogP contribution in [0.4, 0.5) is 0 Å². The van der Waals surface area contributed by atoms with Gasteiger partial charge in [-0.3, -0.25) is 0 Å². The van der Waals surface area contributed by atoms with Crippen molar-refractivity contribution in [3.63, 3.8) is 0 Å². The van der Waals surface area contributed by atoms with Crippen molar-refractivity contribution in [3.8, 4) is 0 Å². The van der Waals surface area contributed by atoms with Gasteiger partial charge in [-0.05, 0) is 43.2 Å². The molecular formula is C17H29NOS. The van der Waals surface area contributed by atoms with Crippen molar-refractivity contribution in [1.29, 1.82) is 0 Å². The minimum Gasteiger partial charge on any atom is -0.373 e. The Labute approximate surface area is 127 Å². The molecule has 0 amide bonds. The summed E-state index contributed by atoms with van der Waals surface area (Å²) in [5.74, 6) is 0. The highest BCUT2D eigenvalue weighted by Crippen LogP contribution is 2.36. The van der Waals surface area contributed by atoms with Crippen LogP contribution in [-0.2, 0) is 17.9 Å². The lowest BCUT2D eigenvalue weighted by Crippen LogP contribution is -2.26. The van der Waals surface area contributed by atoms with Gasteiger partial charge in [-0.2, -0.15) is 0 Å². The van der Waals surface area contributed by atoms with E-state index in [9.17, 15) is 0 Å². The summed E-state index contributed by atoms with van der Waals surface area (Å²) in [4.78, 5) is 2.76. The van der Waals surface area contributed by atoms with Gasteiger partial charge in [-0.15, -0.1) is 11.3 Å². The van der Waals surface area contributed by atoms with E-state index >= 15 is 0 Å². The molecule has 0 aromatic carbocycles. The molecule has 1 aromatic heterocycles. The maximum absolute atomic E-state index is 6.09. The molecule has 0 aliphatic heterocycles. The number of hydrogen-bond acceptors (Lipinski definition) is 3. The van der Waals surface area contributed by atoms with Gasteiger partial charge in [-0.25, -0.2) is 0 Å². The molecule has 1 aromatic rings. The van der Waals surface area contributed by atoms with E-state index in [2.05, 4.69) is 45.1 Å². The minimum atomic E-state index is 0.474. The molecule has 0 atom stereocenters. The Bertz CT molecular complexity index is 401. The quantitative estimate of drug-likeness (QED) is 0.819. The molecule has 114 valence electrons. The van der Waals surface area contributed by atoms with Gasteiger partial charge in [0.15, 0.2) is 0 Å². The van der Waals surface area contributed by atoms with E-state index in [0.717, 1.165) is 13.2 Å². The van der Waals surface area contributed by atoms with Crippen molar-refractivity contribution in [1.82, 2.24) is 5.32 Å². The van der Waals surface area contributed by atoms with Crippen LogP contribution in [0.15, 0.2) is 12.1 Å². The first kappa shape index (κ1) is 16.0. The lowest BCUT2D eigenvalue weighted by atomic mass is 9.76. The Balaban J connectivity index is 1.72. The topological polar surface area (TPSA) is 21.3 Å². The molecule has 0 spiro atoms. The summed E-state index contributed by atoms with van der Waals surface area (Å²) in [6.07, 6.45) is 5.51. The highest BCUT2D eigenvalue weighted by atomic mass is 32.1. The molecule has 1 aliphatic rings. The van der Waals surface area contributed by atoms with Crippen LogP contribution in [0, 0.1) is 5.41 Å². The van der Waals surface area contributed by atoms with Gasteiger partial charge in [-0.1, -0.05) is 27.7 Å². The maximum Gasteiger partial charge on any atom is 0.0813 e. The molecule has 1 aliphatic carbocycles. The second kappa shape index (κ2) is 7.06. The summed E-state index contributed by atoms with van der Waals surface area (Å²) < 4.78 is 6.09. The Morgan fingerprint density at radius 1 is 1.25 bits per heavy atom. The zero-order chi connectivity index (χ0) is 14.6. The molecule has 1 N–H and O–H groups in total. The Morgan fingerprint density at radius 3 is 2.55 bits per heavy atom. The Kier molecular flexibility index (Phi) is 5.65. The van der Waals surface area contributed by atoms with Gasteiger partial charge in [0.1, 0.15) is 0 Å². The molecule has 3 heteroatoms. The molecule has 1 fully saturated rings. The van der Waals surface area contributed by atoms with Crippen molar-refractivity contribution >= 4 is 11.3 Å². The predicted octanol–water partition coefficient (Wildman–Crippen LogP) is 4.73. The predicted molar refractivity (Wildman–Crippen MR) is 87.1 cm³/mol. The average Bonchev–Trinajstić information content (AvgIpc) is 2.83. The fraction of sp³-hybridized carbons (Fsp3) is 0.765. The SMILES string of the molecule is CC(C)NCc1ccc(COC2CCC(C)(C)CC2)s1. The monoisotopic (exact) mass is 295 g/mol. The summed E-state index contributed by atoms with van der Waals surface area (Å²) in [7, 11) is 0. The van der Waals surface area contributed by atoms with E-state index in [4.69, 9.17) is 4.74 Å². The summed E-state index contributed by atoms with van der Waals surface area (Å²) >= 11 is 1.88. The molecule has 1 heterocycles. The molecule has 0 saturated heterocycles. The van der Waals surface area contributed by atoms with Gasteiger partial charge in [0, 0.05) is 22.3 Å². The van der Waals surface area contributed by atoms with Crippen molar-refractivity contribution < 1.29 is 4.74 Å². The van der Waals surface area contributed by atoms with Crippen LogP contribution in [0.2, 0.25) is 0 Å². The second-order valence-electron chi connectivity index (χ2n) is 7.08. The fourth-order valence-electron chi connectivity index (χ4n) is 2.64. The number of ether oxygens (including phenoxy) is 1. The molecule has 0 radical (unpaired) electrons. The van der Waals surface area contributed by atoms with Crippen LogP contribution in [0.1, 0.15) is 63.1 Å². The molecule has 1 saturated carbocycles. The summed E-state index contributed by atoms with van der Waals surface area (Å²) in [5.41, 5.74) is 0.526. The van der Waals surface area contributed by atoms with E-state index in [-0.39, 0.29) is 0 Å². The van der Waals surface area contributed by atoms with Crippen LogP contribution in [0.3, 0.4) is 0 Å².